The van der Waals surface area contributed by atoms with Crippen LogP contribution in [-0.2, 0) is 15.6 Å². The number of nitrogens with zero attached hydrogens (tertiary/aromatic N) is 1. The van der Waals surface area contributed by atoms with Gasteiger partial charge in [0.05, 0.1) is 5.75 Å². The van der Waals surface area contributed by atoms with Gasteiger partial charge in [-0.25, -0.2) is 12.8 Å². The van der Waals surface area contributed by atoms with E-state index in [0.717, 1.165) is 0 Å². The first-order chi connectivity index (χ1) is 10.8. The fourth-order valence-corrected chi connectivity index (χ4v) is 3.35. The maximum absolute atomic E-state index is 13.3. The monoisotopic (exact) mass is 349 g/mol. The second-order valence-corrected chi connectivity index (χ2v) is 7.41. The molecule has 23 heavy (non-hydrogen) atoms. The zero-order valence-corrected chi connectivity index (χ0v) is 13.8. The van der Waals surface area contributed by atoms with Crippen molar-refractivity contribution in [3.63, 3.8) is 0 Å². The maximum atomic E-state index is 13.3. The van der Waals surface area contributed by atoms with E-state index in [0.29, 0.717) is 21.7 Å². The molecule has 6 heteroatoms. The largest absolute Gasteiger partial charge is 0.223 e. The molecule has 0 N–H and O–H groups in total. The minimum Gasteiger partial charge on any atom is -0.223 e. The molecule has 0 aromatic heterocycles. The molecular formula is C17H13ClFNO2S. The number of hydrogen-bond donors (Lipinski definition) is 0. The molecule has 0 fully saturated rings. The Morgan fingerprint density at radius 2 is 1.91 bits per heavy atom. The summed E-state index contributed by atoms with van der Waals surface area (Å²) in [4.78, 5) is -0.363. The summed E-state index contributed by atoms with van der Waals surface area (Å²) < 4.78 is 38.0. The summed E-state index contributed by atoms with van der Waals surface area (Å²) in [6, 6.07) is 12.2. The van der Waals surface area contributed by atoms with E-state index < -0.39 is 9.84 Å². The quantitative estimate of drug-likeness (QED) is 0.774. The van der Waals surface area contributed by atoms with E-state index in [4.69, 9.17) is 11.6 Å². The van der Waals surface area contributed by atoms with Gasteiger partial charge in [-0.05, 0) is 54.0 Å². The van der Waals surface area contributed by atoms with Crippen molar-refractivity contribution in [3.8, 4) is 6.07 Å². The van der Waals surface area contributed by atoms with Gasteiger partial charge in [0.2, 0.25) is 0 Å². The van der Waals surface area contributed by atoms with Crippen LogP contribution in [-0.4, -0.2) is 8.42 Å². The Morgan fingerprint density at radius 1 is 1.26 bits per heavy atom. The smallest absolute Gasteiger partial charge is 0.192 e. The van der Waals surface area contributed by atoms with Gasteiger partial charge in [-0.3, -0.25) is 0 Å². The van der Waals surface area contributed by atoms with Crippen molar-refractivity contribution in [2.24, 2.45) is 0 Å². The Bertz CT molecular complexity index is 897. The maximum Gasteiger partial charge on any atom is 0.192 e. The third-order valence-electron chi connectivity index (χ3n) is 3.19. The highest BCUT2D eigenvalue weighted by molar-refractivity contribution is 7.95. The zero-order valence-electron chi connectivity index (χ0n) is 12.3. The van der Waals surface area contributed by atoms with E-state index in [1.54, 1.807) is 37.3 Å². The summed E-state index contributed by atoms with van der Waals surface area (Å²) in [5.74, 6) is -0.686. The second kappa shape index (κ2) is 6.95. The molecule has 0 spiro atoms. The van der Waals surface area contributed by atoms with Gasteiger partial charge in [0.15, 0.2) is 9.84 Å². The van der Waals surface area contributed by atoms with Crippen molar-refractivity contribution >= 4 is 27.5 Å². The molecule has 0 saturated heterocycles. The van der Waals surface area contributed by atoms with Crippen molar-refractivity contribution in [1.29, 1.82) is 5.26 Å². The van der Waals surface area contributed by atoms with Gasteiger partial charge in [-0.2, -0.15) is 5.26 Å². The average molecular weight is 350 g/mol. The SMILES string of the molecule is Cc1cc(/C=C(/C#N)S(=O)(=O)Cc2ccc(Cl)cc2)ccc1F. The predicted molar refractivity (Wildman–Crippen MR) is 88.8 cm³/mol. The molecule has 3 nitrogen and oxygen atoms in total. The first-order valence-electron chi connectivity index (χ1n) is 6.67. The van der Waals surface area contributed by atoms with Crippen LogP contribution >= 0.6 is 11.6 Å². The Balaban J connectivity index is 2.34. The normalized spacial score (nSPS) is 12.0. The summed E-state index contributed by atoms with van der Waals surface area (Å²) in [6.07, 6.45) is 1.25. The molecule has 2 aromatic carbocycles. The number of halogens is 2. The van der Waals surface area contributed by atoms with Crippen LogP contribution in [0, 0.1) is 24.1 Å². The van der Waals surface area contributed by atoms with Crippen molar-refractivity contribution < 1.29 is 12.8 Å². The Labute approximate surface area is 139 Å². The van der Waals surface area contributed by atoms with Crippen LogP contribution in [0.1, 0.15) is 16.7 Å². The van der Waals surface area contributed by atoms with E-state index >= 15 is 0 Å². The molecule has 0 aliphatic carbocycles. The summed E-state index contributed by atoms with van der Waals surface area (Å²) in [7, 11) is -3.80. The van der Waals surface area contributed by atoms with Gasteiger partial charge in [0.25, 0.3) is 0 Å². The fourth-order valence-electron chi connectivity index (χ4n) is 1.98. The molecular weight excluding hydrogens is 337 g/mol. The average Bonchev–Trinajstić information content (AvgIpc) is 2.50. The topological polar surface area (TPSA) is 57.9 Å². The molecule has 0 radical (unpaired) electrons. The van der Waals surface area contributed by atoms with Gasteiger partial charge >= 0.3 is 0 Å². The van der Waals surface area contributed by atoms with Crippen LogP contribution in [0.3, 0.4) is 0 Å². The van der Waals surface area contributed by atoms with Gasteiger partial charge in [0.1, 0.15) is 16.8 Å². The van der Waals surface area contributed by atoms with Crippen LogP contribution in [0.25, 0.3) is 6.08 Å². The molecule has 0 bridgehead atoms. The molecule has 0 amide bonds. The Kier molecular flexibility index (Phi) is 5.19. The molecule has 118 valence electrons. The van der Waals surface area contributed by atoms with Crippen molar-refractivity contribution in [2.45, 2.75) is 12.7 Å². The number of benzene rings is 2. The van der Waals surface area contributed by atoms with E-state index in [2.05, 4.69) is 0 Å². The van der Waals surface area contributed by atoms with Crippen LogP contribution in [0.4, 0.5) is 4.39 Å². The summed E-state index contributed by atoms with van der Waals surface area (Å²) in [5, 5.41) is 9.68. The van der Waals surface area contributed by atoms with Crippen molar-refractivity contribution in [2.75, 3.05) is 0 Å². The minimum atomic E-state index is -3.80. The lowest BCUT2D eigenvalue weighted by molar-refractivity contribution is 0.602. The third kappa shape index (κ3) is 4.41. The molecule has 0 aliphatic rings. The van der Waals surface area contributed by atoms with Gasteiger partial charge in [-0.1, -0.05) is 29.8 Å². The molecule has 0 atom stereocenters. The molecule has 0 aliphatic heterocycles. The highest BCUT2D eigenvalue weighted by Gasteiger charge is 2.18. The highest BCUT2D eigenvalue weighted by atomic mass is 35.5. The Morgan fingerprint density at radius 3 is 2.48 bits per heavy atom. The third-order valence-corrected chi connectivity index (χ3v) is 5.04. The number of aryl methyl sites for hydroxylation is 1. The van der Waals surface area contributed by atoms with Crippen LogP contribution in [0.15, 0.2) is 47.4 Å². The standard InChI is InChI=1S/C17H13ClFNO2S/c1-12-8-14(4-7-17(12)19)9-16(10-20)23(21,22)11-13-2-5-15(18)6-3-13/h2-9H,11H2,1H3/b16-9-. The summed E-state index contributed by atoms with van der Waals surface area (Å²) in [5.41, 5.74) is 1.37. The number of nitriles is 1. The molecule has 0 heterocycles. The van der Waals surface area contributed by atoms with Gasteiger partial charge < -0.3 is 0 Å². The number of hydrogen-bond acceptors (Lipinski definition) is 3. The molecule has 2 rings (SSSR count). The van der Waals surface area contributed by atoms with E-state index in [1.807, 2.05) is 0 Å². The zero-order chi connectivity index (χ0) is 17.0. The van der Waals surface area contributed by atoms with Crippen LogP contribution < -0.4 is 0 Å². The van der Waals surface area contributed by atoms with E-state index in [9.17, 15) is 18.1 Å². The second-order valence-electron chi connectivity index (χ2n) is 5.01. The number of sulfone groups is 1. The summed E-state index contributed by atoms with van der Waals surface area (Å²) in [6.45, 7) is 1.57. The predicted octanol–water partition coefficient (Wildman–Crippen LogP) is 4.27. The van der Waals surface area contributed by atoms with Crippen LogP contribution in [0.5, 0.6) is 0 Å². The number of allylic oxidation sites excluding steroid dienone is 1. The van der Waals surface area contributed by atoms with Gasteiger partial charge in [0, 0.05) is 5.02 Å². The van der Waals surface area contributed by atoms with Crippen LogP contribution in [0.2, 0.25) is 5.02 Å². The Hall–Kier alpha value is -2.16. The lowest BCUT2D eigenvalue weighted by Crippen LogP contribution is -2.06. The molecule has 2 aromatic rings. The lowest BCUT2D eigenvalue weighted by atomic mass is 10.1. The van der Waals surface area contributed by atoms with Gasteiger partial charge in [-0.15, -0.1) is 0 Å². The van der Waals surface area contributed by atoms with Crippen molar-refractivity contribution in [3.05, 3.63) is 74.9 Å². The van der Waals surface area contributed by atoms with E-state index in [1.165, 1.54) is 24.3 Å². The highest BCUT2D eigenvalue weighted by Crippen LogP contribution is 2.20. The first-order valence-corrected chi connectivity index (χ1v) is 8.70. The molecule has 0 unspecified atom stereocenters. The lowest BCUT2D eigenvalue weighted by Gasteiger charge is -2.04. The van der Waals surface area contributed by atoms with E-state index in [-0.39, 0.29) is 16.5 Å². The molecule has 0 saturated carbocycles. The minimum absolute atomic E-state index is 0.302. The fraction of sp³-hybridized carbons (Fsp3) is 0.118. The first kappa shape index (κ1) is 17.2. The number of rotatable bonds is 4. The van der Waals surface area contributed by atoms with Crippen molar-refractivity contribution in [1.82, 2.24) is 0 Å². The summed E-state index contributed by atoms with van der Waals surface area (Å²) >= 11 is 5.76.